The zero-order chi connectivity index (χ0) is 14.6. The molecule has 20 heavy (non-hydrogen) atoms. The quantitative estimate of drug-likeness (QED) is 0.672. The van der Waals surface area contributed by atoms with Gasteiger partial charge in [0.2, 0.25) is 0 Å². The minimum atomic E-state index is -3.68. The average molecular weight is 295 g/mol. The predicted octanol–water partition coefficient (Wildman–Crippen LogP) is 0.962. The summed E-state index contributed by atoms with van der Waals surface area (Å²) < 4.78 is 26.2. The number of hydrogen-bond donors (Lipinski definition) is 4. The van der Waals surface area contributed by atoms with Crippen molar-refractivity contribution < 1.29 is 13.2 Å². The summed E-state index contributed by atoms with van der Waals surface area (Å²) in [5.74, 6) is 0. The molecule has 1 aromatic heterocycles. The number of aromatic nitrogens is 2. The number of nitrogens with one attached hydrogen (secondary N) is 4. The Kier molecular flexibility index (Phi) is 3.89. The number of hydrogen-bond acceptors (Lipinski definition) is 4. The van der Waals surface area contributed by atoms with E-state index in [0.29, 0.717) is 11.4 Å². The number of imidazole rings is 1. The Bertz CT molecular complexity index is 679. The number of benzene rings is 1. The second kappa shape index (κ2) is 5.61. The Morgan fingerprint density at radius 2 is 1.85 bits per heavy atom. The summed E-state index contributed by atoms with van der Waals surface area (Å²) in [6, 6.07) is 5.90. The van der Waals surface area contributed by atoms with Crippen LogP contribution in [-0.2, 0) is 10.0 Å². The number of urea groups is 1. The minimum Gasteiger partial charge on any atom is -0.341 e. The van der Waals surface area contributed by atoms with Crippen LogP contribution in [0.4, 0.5) is 16.2 Å². The molecule has 0 aliphatic heterocycles. The van der Waals surface area contributed by atoms with Gasteiger partial charge in [-0.05, 0) is 24.3 Å². The van der Waals surface area contributed by atoms with Gasteiger partial charge in [0.25, 0.3) is 10.0 Å². The maximum atomic E-state index is 11.9. The van der Waals surface area contributed by atoms with Crippen molar-refractivity contribution in [3.8, 4) is 0 Å². The summed E-state index contributed by atoms with van der Waals surface area (Å²) in [4.78, 5) is 17.3. The maximum absolute atomic E-state index is 11.9. The summed E-state index contributed by atoms with van der Waals surface area (Å²) in [5, 5.41) is 4.95. The standard InChI is InChI=1S/C11H13N5O3S/c1-12-11(17)15-8-2-4-9(5-3-8)16-20(18,19)10-6-13-7-14-10/h2-7,16H,1H3,(H,13,14)(H2,12,15,17). The van der Waals surface area contributed by atoms with Crippen LogP contribution in [0.1, 0.15) is 0 Å². The van der Waals surface area contributed by atoms with E-state index in [0.717, 1.165) is 0 Å². The molecule has 0 radical (unpaired) electrons. The Morgan fingerprint density at radius 1 is 1.20 bits per heavy atom. The van der Waals surface area contributed by atoms with Crippen LogP contribution in [0.5, 0.6) is 0 Å². The molecule has 0 saturated carbocycles. The van der Waals surface area contributed by atoms with Crippen LogP contribution in [0.15, 0.2) is 41.8 Å². The van der Waals surface area contributed by atoms with Crippen LogP contribution in [-0.4, -0.2) is 31.5 Å². The minimum absolute atomic E-state index is 0.0231. The Morgan fingerprint density at radius 3 is 2.40 bits per heavy atom. The molecule has 106 valence electrons. The number of rotatable bonds is 4. The van der Waals surface area contributed by atoms with Crippen molar-refractivity contribution >= 4 is 27.4 Å². The monoisotopic (exact) mass is 295 g/mol. The number of amides is 2. The molecule has 9 heteroatoms. The number of H-pyrrole nitrogens is 1. The smallest absolute Gasteiger partial charge is 0.318 e. The lowest BCUT2D eigenvalue weighted by atomic mass is 10.3. The summed E-state index contributed by atoms with van der Waals surface area (Å²) >= 11 is 0. The van der Waals surface area contributed by atoms with Crippen LogP contribution < -0.4 is 15.4 Å². The maximum Gasteiger partial charge on any atom is 0.318 e. The summed E-state index contributed by atoms with van der Waals surface area (Å²) in [5.41, 5.74) is 0.927. The lowest BCUT2D eigenvalue weighted by Gasteiger charge is -2.08. The number of aromatic amines is 1. The number of carbonyl (C=O) groups excluding carboxylic acids is 1. The number of sulfonamides is 1. The third kappa shape index (κ3) is 3.26. The van der Waals surface area contributed by atoms with Crippen LogP contribution in [0, 0.1) is 0 Å². The molecule has 4 N–H and O–H groups in total. The normalized spacial score (nSPS) is 10.8. The van der Waals surface area contributed by atoms with Gasteiger partial charge in [0.15, 0.2) is 5.03 Å². The predicted molar refractivity (Wildman–Crippen MR) is 73.9 cm³/mol. The first kappa shape index (κ1) is 13.9. The van der Waals surface area contributed by atoms with Gasteiger partial charge < -0.3 is 15.6 Å². The Labute approximate surface area is 115 Å². The fourth-order valence-corrected chi connectivity index (χ4v) is 2.38. The molecule has 0 atom stereocenters. The van der Waals surface area contributed by atoms with E-state index < -0.39 is 10.0 Å². The molecule has 0 saturated heterocycles. The van der Waals surface area contributed by atoms with Gasteiger partial charge in [0.1, 0.15) is 0 Å². The molecule has 2 aromatic rings. The molecule has 0 aliphatic carbocycles. The van der Waals surface area contributed by atoms with Crippen molar-refractivity contribution in [1.29, 1.82) is 0 Å². The number of nitrogens with zero attached hydrogens (tertiary/aromatic N) is 1. The first-order valence-corrected chi connectivity index (χ1v) is 7.09. The van der Waals surface area contributed by atoms with Crippen molar-refractivity contribution in [3.05, 3.63) is 36.8 Å². The second-order valence-corrected chi connectivity index (χ2v) is 5.45. The zero-order valence-corrected chi connectivity index (χ0v) is 11.4. The van der Waals surface area contributed by atoms with E-state index in [2.05, 4.69) is 25.3 Å². The van der Waals surface area contributed by atoms with Crippen molar-refractivity contribution in [1.82, 2.24) is 15.3 Å². The van der Waals surface area contributed by atoms with Crippen LogP contribution in [0.25, 0.3) is 0 Å². The van der Waals surface area contributed by atoms with Crippen molar-refractivity contribution in [2.45, 2.75) is 5.03 Å². The van der Waals surface area contributed by atoms with Gasteiger partial charge in [-0.1, -0.05) is 0 Å². The number of anilines is 2. The fourth-order valence-electron chi connectivity index (χ4n) is 1.42. The highest BCUT2D eigenvalue weighted by Crippen LogP contribution is 2.17. The highest BCUT2D eigenvalue weighted by atomic mass is 32.2. The van der Waals surface area contributed by atoms with Crippen molar-refractivity contribution in [2.75, 3.05) is 17.1 Å². The molecule has 8 nitrogen and oxygen atoms in total. The lowest BCUT2D eigenvalue weighted by molar-refractivity contribution is 0.254. The summed E-state index contributed by atoms with van der Waals surface area (Å²) in [6.45, 7) is 0. The van der Waals surface area contributed by atoms with Crippen LogP contribution in [0.3, 0.4) is 0 Å². The van der Waals surface area contributed by atoms with Gasteiger partial charge in [-0.2, -0.15) is 8.42 Å². The fraction of sp³-hybridized carbons (Fsp3) is 0.0909. The molecule has 0 aliphatic rings. The summed E-state index contributed by atoms with van der Waals surface area (Å²) in [6.07, 6.45) is 2.49. The highest BCUT2D eigenvalue weighted by Gasteiger charge is 2.15. The van der Waals surface area contributed by atoms with Crippen molar-refractivity contribution in [3.63, 3.8) is 0 Å². The molecule has 2 amide bonds. The molecule has 2 rings (SSSR count). The van der Waals surface area contributed by atoms with E-state index >= 15 is 0 Å². The van der Waals surface area contributed by atoms with E-state index in [1.165, 1.54) is 19.6 Å². The van der Waals surface area contributed by atoms with Gasteiger partial charge in [-0.3, -0.25) is 4.72 Å². The molecule has 1 heterocycles. The van der Waals surface area contributed by atoms with Gasteiger partial charge >= 0.3 is 6.03 Å². The molecule has 0 spiro atoms. The molecule has 0 fully saturated rings. The van der Waals surface area contributed by atoms with Crippen LogP contribution >= 0.6 is 0 Å². The first-order chi connectivity index (χ1) is 9.51. The van der Waals surface area contributed by atoms with E-state index in [1.54, 1.807) is 24.3 Å². The van der Waals surface area contributed by atoms with Gasteiger partial charge in [-0.15, -0.1) is 0 Å². The van der Waals surface area contributed by atoms with E-state index in [1.807, 2.05) is 0 Å². The van der Waals surface area contributed by atoms with Gasteiger partial charge in [0, 0.05) is 18.4 Å². The van der Waals surface area contributed by atoms with E-state index in [-0.39, 0.29) is 11.1 Å². The lowest BCUT2D eigenvalue weighted by Crippen LogP contribution is -2.24. The topological polar surface area (TPSA) is 116 Å². The summed E-state index contributed by atoms with van der Waals surface area (Å²) in [7, 11) is -2.18. The number of carbonyl (C=O) groups is 1. The molecule has 0 unspecified atom stereocenters. The van der Waals surface area contributed by atoms with Gasteiger partial charge in [-0.25, -0.2) is 9.78 Å². The SMILES string of the molecule is CNC(=O)Nc1ccc(NS(=O)(=O)c2cnc[nH]2)cc1. The molecular formula is C11H13N5O3S. The highest BCUT2D eigenvalue weighted by molar-refractivity contribution is 7.92. The van der Waals surface area contributed by atoms with E-state index in [4.69, 9.17) is 0 Å². The van der Waals surface area contributed by atoms with Gasteiger partial charge in [0.05, 0.1) is 12.5 Å². The van der Waals surface area contributed by atoms with Crippen molar-refractivity contribution in [2.24, 2.45) is 0 Å². The average Bonchev–Trinajstić information content (AvgIpc) is 2.95. The first-order valence-electron chi connectivity index (χ1n) is 5.61. The Hall–Kier alpha value is -2.55. The molecule has 1 aromatic carbocycles. The molecule has 0 bridgehead atoms. The molecular weight excluding hydrogens is 282 g/mol. The third-order valence-electron chi connectivity index (χ3n) is 2.38. The zero-order valence-electron chi connectivity index (χ0n) is 10.5. The third-order valence-corrected chi connectivity index (χ3v) is 3.69. The largest absolute Gasteiger partial charge is 0.341 e. The second-order valence-electron chi connectivity index (χ2n) is 3.80. The van der Waals surface area contributed by atoms with Crippen LogP contribution in [0.2, 0.25) is 0 Å². The Balaban J connectivity index is 2.10. The van der Waals surface area contributed by atoms with E-state index in [9.17, 15) is 13.2 Å².